The van der Waals surface area contributed by atoms with Crippen molar-refractivity contribution in [3.05, 3.63) is 29.7 Å². The number of fused-ring (bicyclic) bond motifs is 1. The van der Waals surface area contributed by atoms with Crippen LogP contribution in [-0.4, -0.2) is 11.5 Å². The molecule has 3 heteroatoms. The maximum atomic E-state index is 5.63. The molecule has 0 radical (unpaired) electrons. The van der Waals surface area contributed by atoms with Crippen LogP contribution in [-0.2, 0) is 6.42 Å². The number of nitrogens with zero attached hydrogens (tertiary/aromatic N) is 1. The third-order valence-electron chi connectivity index (χ3n) is 3.06. The summed E-state index contributed by atoms with van der Waals surface area (Å²) in [6, 6.07) is 6.25. The zero-order valence-corrected chi connectivity index (χ0v) is 10.8. The molecule has 0 aliphatic rings. The highest BCUT2D eigenvalue weighted by atomic mass is 16.3. The molecule has 1 heterocycles. The lowest BCUT2D eigenvalue weighted by Crippen LogP contribution is -2.19. The quantitative estimate of drug-likeness (QED) is 0.881. The zero-order valence-electron chi connectivity index (χ0n) is 10.8. The average Bonchev–Trinajstić information content (AvgIpc) is 2.56. The van der Waals surface area contributed by atoms with Crippen molar-refractivity contribution in [2.24, 2.45) is 11.1 Å². The van der Waals surface area contributed by atoms with Crippen molar-refractivity contribution in [2.45, 2.75) is 33.6 Å². The molecule has 3 nitrogen and oxygen atoms in total. The SMILES string of the molecule is Cc1nc2ccc(CC(C)(C)CCN)cc2o1. The lowest BCUT2D eigenvalue weighted by Gasteiger charge is -2.23. The average molecular weight is 232 g/mol. The van der Waals surface area contributed by atoms with E-state index >= 15 is 0 Å². The first-order valence-corrected chi connectivity index (χ1v) is 6.06. The molecule has 0 atom stereocenters. The van der Waals surface area contributed by atoms with Crippen molar-refractivity contribution >= 4 is 11.1 Å². The van der Waals surface area contributed by atoms with Gasteiger partial charge >= 0.3 is 0 Å². The molecule has 2 aromatic rings. The summed E-state index contributed by atoms with van der Waals surface area (Å²) in [5.74, 6) is 0.721. The first kappa shape index (κ1) is 12.1. The Kier molecular flexibility index (Phi) is 3.20. The highest BCUT2D eigenvalue weighted by molar-refractivity contribution is 5.73. The van der Waals surface area contributed by atoms with Gasteiger partial charge < -0.3 is 10.2 Å². The minimum Gasteiger partial charge on any atom is -0.441 e. The van der Waals surface area contributed by atoms with Crippen LogP contribution in [0.2, 0.25) is 0 Å². The predicted octanol–water partition coefficient (Wildman–Crippen LogP) is 3.05. The van der Waals surface area contributed by atoms with Crippen LogP contribution in [0.15, 0.2) is 22.6 Å². The molecule has 0 bridgehead atoms. The first-order valence-electron chi connectivity index (χ1n) is 6.06. The van der Waals surface area contributed by atoms with Crippen LogP contribution in [0.25, 0.3) is 11.1 Å². The van der Waals surface area contributed by atoms with E-state index in [4.69, 9.17) is 10.2 Å². The molecule has 0 unspecified atom stereocenters. The maximum Gasteiger partial charge on any atom is 0.192 e. The Labute approximate surface area is 102 Å². The molecule has 0 aliphatic heterocycles. The minimum atomic E-state index is 0.234. The molecule has 1 aromatic heterocycles. The number of hydrogen-bond acceptors (Lipinski definition) is 3. The number of benzene rings is 1. The van der Waals surface area contributed by atoms with Crippen LogP contribution < -0.4 is 5.73 Å². The van der Waals surface area contributed by atoms with Crippen LogP contribution in [0.1, 0.15) is 31.7 Å². The number of aryl methyl sites for hydroxylation is 1. The van der Waals surface area contributed by atoms with Crippen molar-refractivity contribution in [3.63, 3.8) is 0 Å². The van der Waals surface area contributed by atoms with E-state index in [1.807, 2.05) is 13.0 Å². The van der Waals surface area contributed by atoms with Gasteiger partial charge in [-0.1, -0.05) is 19.9 Å². The van der Waals surface area contributed by atoms with Crippen molar-refractivity contribution in [1.29, 1.82) is 0 Å². The third kappa shape index (κ3) is 2.86. The standard InChI is InChI=1S/C14H20N2O/c1-10-16-12-5-4-11(8-13(12)17-10)9-14(2,3)6-7-15/h4-5,8H,6-7,9,15H2,1-3H3. The Hall–Kier alpha value is -1.35. The largest absolute Gasteiger partial charge is 0.441 e. The summed E-state index contributed by atoms with van der Waals surface area (Å²) in [5, 5.41) is 0. The maximum absolute atomic E-state index is 5.63. The predicted molar refractivity (Wildman–Crippen MR) is 69.9 cm³/mol. The molecule has 2 N–H and O–H groups in total. The summed E-state index contributed by atoms with van der Waals surface area (Å²) in [5.41, 5.74) is 8.96. The Morgan fingerprint density at radius 1 is 1.35 bits per heavy atom. The highest BCUT2D eigenvalue weighted by Crippen LogP contribution is 2.27. The summed E-state index contributed by atoms with van der Waals surface area (Å²) >= 11 is 0. The summed E-state index contributed by atoms with van der Waals surface area (Å²) in [7, 11) is 0. The van der Waals surface area contributed by atoms with Crippen LogP contribution in [0.4, 0.5) is 0 Å². The van der Waals surface area contributed by atoms with Crippen molar-refractivity contribution in [1.82, 2.24) is 4.98 Å². The molecule has 1 aromatic carbocycles. The fourth-order valence-electron chi connectivity index (χ4n) is 2.23. The summed E-state index contributed by atoms with van der Waals surface area (Å²) < 4.78 is 5.55. The van der Waals surface area contributed by atoms with Crippen LogP contribution in [0.3, 0.4) is 0 Å². The summed E-state index contributed by atoms with van der Waals surface area (Å²) in [6.07, 6.45) is 2.04. The summed E-state index contributed by atoms with van der Waals surface area (Å²) in [6.45, 7) is 7.10. The Balaban J connectivity index is 2.24. The molecule has 0 saturated carbocycles. The topological polar surface area (TPSA) is 52.0 Å². The van der Waals surface area contributed by atoms with E-state index in [1.54, 1.807) is 0 Å². The monoisotopic (exact) mass is 232 g/mol. The molecular formula is C14H20N2O. The van der Waals surface area contributed by atoms with Gasteiger partial charge in [-0.25, -0.2) is 4.98 Å². The van der Waals surface area contributed by atoms with E-state index in [1.165, 1.54) is 5.56 Å². The molecule has 0 spiro atoms. The lowest BCUT2D eigenvalue weighted by atomic mass is 9.83. The van der Waals surface area contributed by atoms with Gasteiger partial charge in [0.1, 0.15) is 5.52 Å². The van der Waals surface area contributed by atoms with Crippen molar-refractivity contribution < 1.29 is 4.42 Å². The molecule has 0 fully saturated rings. The Morgan fingerprint density at radius 2 is 2.12 bits per heavy atom. The van der Waals surface area contributed by atoms with Gasteiger partial charge in [0.05, 0.1) is 0 Å². The van der Waals surface area contributed by atoms with E-state index in [2.05, 4.69) is 31.0 Å². The van der Waals surface area contributed by atoms with E-state index in [-0.39, 0.29) is 5.41 Å². The van der Waals surface area contributed by atoms with Gasteiger partial charge in [0, 0.05) is 6.92 Å². The highest BCUT2D eigenvalue weighted by Gasteiger charge is 2.18. The Bertz CT molecular complexity index is 514. The number of nitrogens with two attached hydrogens (primary N) is 1. The van der Waals surface area contributed by atoms with E-state index in [9.17, 15) is 0 Å². The van der Waals surface area contributed by atoms with Gasteiger partial charge in [0.15, 0.2) is 11.5 Å². The number of hydrogen-bond donors (Lipinski definition) is 1. The van der Waals surface area contributed by atoms with Gasteiger partial charge in [-0.05, 0) is 42.5 Å². The van der Waals surface area contributed by atoms with Gasteiger partial charge in [0.2, 0.25) is 0 Å². The molecular weight excluding hydrogens is 212 g/mol. The van der Waals surface area contributed by atoms with E-state index < -0.39 is 0 Å². The first-order chi connectivity index (χ1) is 8.00. The fraction of sp³-hybridized carbons (Fsp3) is 0.500. The second kappa shape index (κ2) is 4.49. The van der Waals surface area contributed by atoms with E-state index in [0.29, 0.717) is 0 Å². The van der Waals surface area contributed by atoms with Gasteiger partial charge in [-0.15, -0.1) is 0 Å². The number of oxazole rings is 1. The normalized spacial score (nSPS) is 12.2. The molecule has 0 aliphatic carbocycles. The second-order valence-electron chi connectivity index (χ2n) is 5.41. The van der Waals surface area contributed by atoms with Gasteiger partial charge in [-0.2, -0.15) is 0 Å². The summed E-state index contributed by atoms with van der Waals surface area (Å²) in [4.78, 5) is 4.30. The second-order valence-corrected chi connectivity index (χ2v) is 5.41. The molecule has 17 heavy (non-hydrogen) atoms. The fourth-order valence-corrected chi connectivity index (χ4v) is 2.23. The van der Waals surface area contributed by atoms with E-state index in [0.717, 1.165) is 36.4 Å². The minimum absolute atomic E-state index is 0.234. The van der Waals surface area contributed by atoms with Gasteiger partial charge in [-0.3, -0.25) is 0 Å². The number of rotatable bonds is 4. The number of aromatic nitrogens is 1. The van der Waals surface area contributed by atoms with Crippen LogP contribution >= 0.6 is 0 Å². The smallest absolute Gasteiger partial charge is 0.192 e. The van der Waals surface area contributed by atoms with Crippen LogP contribution in [0.5, 0.6) is 0 Å². The van der Waals surface area contributed by atoms with Crippen molar-refractivity contribution in [2.75, 3.05) is 6.54 Å². The molecule has 2 rings (SSSR count). The van der Waals surface area contributed by atoms with Crippen LogP contribution in [0, 0.1) is 12.3 Å². The zero-order chi connectivity index (χ0) is 12.5. The molecule has 92 valence electrons. The third-order valence-corrected chi connectivity index (χ3v) is 3.06. The van der Waals surface area contributed by atoms with Gasteiger partial charge in [0.25, 0.3) is 0 Å². The molecule has 0 amide bonds. The van der Waals surface area contributed by atoms with Crippen molar-refractivity contribution in [3.8, 4) is 0 Å². The molecule has 0 saturated heterocycles. The lowest BCUT2D eigenvalue weighted by molar-refractivity contribution is 0.339. The Morgan fingerprint density at radius 3 is 2.82 bits per heavy atom.